The highest BCUT2D eigenvalue weighted by Gasteiger charge is 2.28. The molecule has 0 radical (unpaired) electrons. The lowest BCUT2D eigenvalue weighted by atomic mass is 9.97. The summed E-state index contributed by atoms with van der Waals surface area (Å²) in [5.74, 6) is 0. The average Bonchev–Trinajstić information content (AvgIpc) is 3.35. The van der Waals surface area contributed by atoms with Crippen LogP contribution in [-0.4, -0.2) is 28.0 Å². The fraction of sp³-hybridized carbons (Fsp3) is 0.684. The van der Waals surface area contributed by atoms with Crippen LogP contribution in [0.3, 0.4) is 0 Å². The van der Waals surface area contributed by atoms with Gasteiger partial charge in [-0.15, -0.1) is 11.3 Å². The summed E-state index contributed by atoms with van der Waals surface area (Å²) < 4.78 is 7.61. The lowest BCUT2D eigenvalue weighted by Crippen LogP contribution is -2.27. The maximum Gasteiger partial charge on any atom is 0.263 e. The molecule has 0 bridgehead atoms. The Morgan fingerprint density at radius 3 is 2.76 bits per heavy atom. The van der Waals surface area contributed by atoms with E-state index in [9.17, 15) is 4.79 Å². The summed E-state index contributed by atoms with van der Waals surface area (Å²) in [5.41, 5.74) is 1.55. The molecule has 0 aromatic carbocycles. The Morgan fingerprint density at radius 2 is 1.96 bits per heavy atom. The van der Waals surface area contributed by atoms with Gasteiger partial charge < -0.3 is 4.74 Å². The van der Waals surface area contributed by atoms with Gasteiger partial charge >= 0.3 is 0 Å². The second kappa shape index (κ2) is 6.71. The maximum absolute atomic E-state index is 13.5. The second-order valence-corrected chi connectivity index (χ2v) is 9.85. The first-order valence-corrected chi connectivity index (χ1v) is 11.3. The van der Waals surface area contributed by atoms with E-state index in [2.05, 4.69) is 4.57 Å². The number of thioether (sulfide) groups is 1. The van der Waals surface area contributed by atoms with Crippen molar-refractivity contribution in [3.63, 3.8) is 0 Å². The smallest absolute Gasteiger partial charge is 0.263 e. The van der Waals surface area contributed by atoms with E-state index < -0.39 is 0 Å². The minimum absolute atomic E-state index is 0.234. The summed E-state index contributed by atoms with van der Waals surface area (Å²) in [7, 11) is 0. The number of hydrogen-bond donors (Lipinski definition) is 0. The van der Waals surface area contributed by atoms with E-state index in [1.165, 1.54) is 36.1 Å². The van der Waals surface area contributed by atoms with Gasteiger partial charge in [-0.2, -0.15) is 0 Å². The van der Waals surface area contributed by atoms with Crippen molar-refractivity contribution in [3.8, 4) is 0 Å². The van der Waals surface area contributed by atoms with Gasteiger partial charge in [-0.25, -0.2) is 4.98 Å². The van der Waals surface area contributed by atoms with E-state index in [-0.39, 0.29) is 5.56 Å². The number of nitrogens with zero attached hydrogens (tertiary/aromatic N) is 2. The third-order valence-corrected chi connectivity index (χ3v) is 8.23. The van der Waals surface area contributed by atoms with Crippen LogP contribution in [0.15, 0.2) is 9.95 Å². The molecule has 0 spiro atoms. The maximum atomic E-state index is 13.5. The fourth-order valence-corrected chi connectivity index (χ4v) is 7.00. The van der Waals surface area contributed by atoms with E-state index in [4.69, 9.17) is 9.72 Å². The Morgan fingerprint density at radius 1 is 1.12 bits per heavy atom. The topological polar surface area (TPSA) is 44.1 Å². The Labute approximate surface area is 156 Å². The highest BCUT2D eigenvalue weighted by molar-refractivity contribution is 7.99. The number of aryl methyl sites for hydroxylation is 2. The predicted octanol–water partition coefficient (Wildman–Crippen LogP) is 4.33. The molecule has 3 aliphatic rings. The highest BCUT2D eigenvalue weighted by Crippen LogP contribution is 2.38. The molecule has 4 nitrogen and oxygen atoms in total. The SMILES string of the molecule is O=c1c2c3c(sc2nc(S[C@H]2CCOC2)n1C1CCCC1)CCCC3. The summed E-state index contributed by atoms with van der Waals surface area (Å²) in [6, 6.07) is 0.341. The van der Waals surface area contributed by atoms with Crippen molar-refractivity contribution >= 4 is 33.3 Å². The molecule has 2 fully saturated rings. The molecule has 5 rings (SSSR count). The molecule has 1 saturated heterocycles. The average molecular weight is 377 g/mol. The first-order valence-electron chi connectivity index (χ1n) is 9.62. The van der Waals surface area contributed by atoms with E-state index in [1.807, 2.05) is 0 Å². The number of thiophene rings is 1. The molecular weight excluding hydrogens is 352 g/mol. The first-order chi connectivity index (χ1) is 12.3. The number of ether oxygens (including phenoxy) is 1. The fourth-order valence-electron chi connectivity index (χ4n) is 4.52. The van der Waals surface area contributed by atoms with Crippen LogP contribution in [0.5, 0.6) is 0 Å². The number of rotatable bonds is 3. The van der Waals surface area contributed by atoms with Gasteiger partial charge in [0, 0.05) is 22.8 Å². The Balaban J connectivity index is 1.67. The van der Waals surface area contributed by atoms with Crippen LogP contribution >= 0.6 is 23.1 Å². The van der Waals surface area contributed by atoms with Crippen LogP contribution in [0, 0.1) is 0 Å². The molecule has 0 amide bonds. The summed E-state index contributed by atoms with van der Waals surface area (Å²) in [4.78, 5) is 21.0. The normalized spacial score (nSPS) is 24.2. The molecule has 25 heavy (non-hydrogen) atoms. The molecule has 134 valence electrons. The number of fused-ring (bicyclic) bond motifs is 3. The van der Waals surface area contributed by atoms with Crippen molar-refractivity contribution in [1.82, 2.24) is 9.55 Å². The van der Waals surface area contributed by atoms with E-state index in [0.717, 1.165) is 60.7 Å². The summed E-state index contributed by atoms with van der Waals surface area (Å²) in [5, 5.41) is 2.32. The van der Waals surface area contributed by atoms with Crippen LogP contribution in [0.2, 0.25) is 0 Å². The zero-order valence-corrected chi connectivity index (χ0v) is 16.1. The third kappa shape index (κ3) is 2.86. The molecule has 2 aromatic rings. The Bertz CT molecular complexity index is 845. The van der Waals surface area contributed by atoms with Gasteiger partial charge in [0.25, 0.3) is 5.56 Å². The molecule has 1 aliphatic heterocycles. The molecule has 6 heteroatoms. The van der Waals surface area contributed by atoms with Gasteiger partial charge in [-0.05, 0) is 50.5 Å². The second-order valence-electron chi connectivity index (χ2n) is 7.50. The molecule has 0 unspecified atom stereocenters. The Hall–Kier alpha value is -0.850. The van der Waals surface area contributed by atoms with E-state index >= 15 is 0 Å². The zero-order chi connectivity index (χ0) is 16.8. The summed E-state index contributed by atoms with van der Waals surface area (Å²) in [6.07, 6.45) is 10.4. The molecule has 0 N–H and O–H groups in total. The van der Waals surface area contributed by atoms with Gasteiger partial charge in [-0.3, -0.25) is 9.36 Å². The van der Waals surface area contributed by atoms with Gasteiger partial charge in [-0.1, -0.05) is 24.6 Å². The summed E-state index contributed by atoms with van der Waals surface area (Å²) >= 11 is 3.54. The molecule has 3 heterocycles. The molecule has 2 aliphatic carbocycles. The molecule has 2 aromatic heterocycles. The van der Waals surface area contributed by atoms with Gasteiger partial charge in [0.2, 0.25) is 0 Å². The molecule has 1 saturated carbocycles. The lowest BCUT2D eigenvalue weighted by molar-refractivity contribution is 0.199. The third-order valence-electron chi connectivity index (χ3n) is 5.84. The largest absolute Gasteiger partial charge is 0.380 e. The van der Waals surface area contributed by atoms with Crippen LogP contribution in [-0.2, 0) is 17.6 Å². The van der Waals surface area contributed by atoms with Crippen LogP contribution < -0.4 is 5.56 Å². The monoisotopic (exact) mass is 376 g/mol. The van der Waals surface area contributed by atoms with Crippen LogP contribution in [0.4, 0.5) is 0 Å². The molecular formula is C19H24N2O2S2. The zero-order valence-electron chi connectivity index (χ0n) is 14.5. The quantitative estimate of drug-likeness (QED) is 0.748. The van der Waals surface area contributed by atoms with Crippen molar-refractivity contribution in [3.05, 3.63) is 20.8 Å². The van der Waals surface area contributed by atoms with Crippen LogP contribution in [0.1, 0.15) is 61.4 Å². The minimum atomic E-state index is 0.234. The number of aromatic nitrogens is 2. The minimum Gasteiger partial charge on any atom is -0.380 e. The van der Waals surface area contributed by atoms with Crippen molar-refractivity contribution < 1.29 is 4.74 Å². The van der Waals surface area contributed by atoms with Gasteiger partial charge in [0.05, 0.1) is 12.0 Å². The summed E-state index contributed by atoms with van der Waals surface area (Å²) in [6.45, 7) is 1.62. The first kappa shape index (κ1) is 16.3. The van der Waals surface area contributed by atoms with Crippen LogP contribution in [0.25, 0.3) is 10.2 Å². The standard InChI is InChI=1S/C19H24N2O2S2/c22-18-16-14-7-3-4-8-15(14)25-17(16)20-19(24-13-9-10-23-11-13)21(18)12-5-1-2-6-12/h12-13H,1-11H2/t13-/m0/s1. The van der Waals surface area contributed by atoms with E-state index in [1.54, 1.807) is 23.1 Å². The van der Waals surface area contributed by atoms with Crippen molar-refractivity contribution in [1.29, 1.82) is 0 Å². The number of hydrogen-bond acceptors (Lipinski definition) is 5. The van der Waals surface area contributed by atoms with Gasteiger partial charge in [0.15, 0.2) is 5.16 Å². The van der Waals surface area contributed by atoms with Gasteiger partial charge in [0.1, 0.15) is 4.83 Å². The van der Waals surface area contributed by atoms with Crippen molar-refractivity contribution in [2.45, 2.75) is 74.2 Å². The van der Waals surface area contributed by atoms with Crippen molar-refractivity contribution in [2.75, 3.05) is 13.2 Å². The molecule has 1 atom stereocenters. The van der Waals surface area contributed by atoms with Crippen molar-refractivity contribution in [2.24, 2.45) is 0 Å². The lowest BCUT2D eigenvalue weighted by Gasteiger charge is -2.19. The van der Waals surface area contributed by atoms with E-state index in [0.29, 0.717) is 11.3 Å². The Kier molecular flexibility index (Phi) is 4.38. The highest BCUT2D eigenvalue weighted by atomic mass is 32.2. The predicted molar refractivity (Wildman–Crippen MR) is 103 cm³/mol.